The van der Waals surface area contributed by atoms with E-state index in [2.05, 4.69) is 12.1 Å². The second-order valence-corrected chi connectivity index (χ2v) is 6.24. The van der Waals surface area contributed by atoms with E-state index >= 15 is 0 Å². The summed E-state index contributed by atoms with van der Waals surface area (Å²) in [4.78, 5) is 0. The van der Waals surface area contributed by atoms with Crippen LogP contribution in [0.3, 0.4) is 0 Å². The molecule has 0 aromatic heterocycles. The topological polar surface area (TPSA) is 38.8 Å². The summed E-state index contributed by atoms with van der Waals surface area (Å²) in [6.45, 7) is 2.00. The van der Waals surface area contributed by atoms with Crippen molar-refractivity contribution in [3.63, 3.8) is 0 Å². The highest BCUT2D eigenvalue weighted by Gasteiger charge is 2.31. The quantitative estimate of drug-likeness (QED) is 0.734. The predicted molar refractivity (Wildman–Crippen MR) is 69.0 cm³/mol. The third-order valence-electron chi connectivity index (χ3n) is 2.86. The zero-order chi connectivity index (χ0) is 12.9. The zero-order valence-electron chi connectivity index (χ0n) is 10.8. The third-order valence-corrected chi connectivity index (χ3v) is 4.95. The van der Waals surface area contributed by atoms with Gasteiger partial charge in [-0.25, -0.2) is 9.24 Å². The number of benzene rings is 1. The molecule has 1 rings (SSSR count). The lowest BCUT2D eigenvalue weighted by Crippen LogP contribution is -2.29. The van der Waals surface area contributed by atoms with Crippen LogP contribution in [0.2, 0.25) is 0 Å². The van der Waals surface area contributed by atoms with E-state index in [4.69, 9.17) is 9.05 Å². The van der Waals surface area contributed by atoms with Crippen molar-refractivity contribution in [1.29, 1.82) is 0 Å². The van der Waals surface area contributed by atoms with Crippen molar-refractivity contribution in [2.75, 3.05) is 21.3 Å². The maximum atomic E-state index is 12.2. The fourth-order valence-electron chi connectivity index (χ4n) is 1.66. The van der Waals surface area contributed by atoms with Crippen molar-refractivity contribution < 1.29 is 13.6 Å². The lowest BCUT2D eigenvalue weighted by molar-refractivity contribution is 0.202. The van der Waals surface area contributed by atoms with E-state index in [9.17, 15) is 4.57 Å². The largest absolute Gasteiger partial charge is 0.407 e. The molecule has 17 heavy (non-hydrogen) atoms. The van der Waals surface area contributed by atoms with Gasteiger partial charge in [0.25, 0.3) is 0 Å². The predicted octanol–water partition coefficient (Wildman–Crippen LogP) is 2.95. The van der Waals surface area contributed by atoms with Gasteiger partial charge in [-0.1, -0.05) is 30.3 Å². The van der Waals surface area contributed by atoms with Crippen molar-refractivity contribution in [3.8, 4) is 0 Å². The SMILES string of the molecule is COP(=O)(OC)N(C)C(C)Cc1ccccc1. The molecule has 0 bridgehead atoms. The molecule has 1 atom stereocenters. The average molecular weight is 257 g/mol. The lowest BCUT2D eigenvalue weighted by atomic mass is 10.1. The molecule has 0 heterocycles. The minimum atomic E-state index is -3.13. The summed E-state index contributed by atoms with van der Waals surface area (Å²) in [5.74, 6) is 0. The smallest absolute Gasteiger partial charge is 0.300 e. The van der Waals surface area contributed by atoms with Gasteiger partial charge in [-0.05, 0) is 26.0 Å². The van der Waals surface area contributed by atoms with Crippen molar-refractivity contribution in [1.82, 2.24) is 4.67 Å². The fraction of sp³-hybridized carbons (Fsp3) is 0.500. The van der Waals surface area contributed by atoms with Crippen molar-refractivity contribution >= 4 is 7.75 Å². The van der Waals surface area contributed by atoms with Crippen LogP contribution in [0.1, 0.15) is 12.5 Å². The van der Waals surface area contributed by atoms with E-state index in [0.717, 1.165) is 6.42 Å². The molecule has 0 saturated heterocycles. The van der Waals surface area contributed by atoms with Gasteiger partial charge in [0.15, 0.2) is 0 Å². The van der Waals surface area contributed by atoms with Crippen LogP contribution < -0.4 is 0 Å². The maximum absolute atomic E-state index is 12.2. The average Bonchev–Trinajstić information content (AvgIpc) is 2.38. The Kier molecular flexibility index (Phi) is 5.34. The minimum Gasteiger partial charge on any atom is -0.300 e. The molecular formula is C12H20NO3P. The van der Waals surface area contributed by atoms with Gasteiger partial charge in [-0.2, -0.15) is 0 Å². The van der Waals surface area contributed by atoms with Gasteiger partial charge in [0.1, 0.15) is 0 Å². The molecule has 0 fully saturated rings. The van der Waals surface area contributed by atoms with Gasteiger partial charge in [0, 0.05) is 20.3 Å². The molecule has 0 saturated carbocycles. The van der Waals surface area contributed by atoms with Crippen LogP contribution in [0.15, 0.2) is 30.3 Å². The Bertz CT molecular complexity index is 375. The standard InChI is InChI=1S/C12H20NO3P/c1-11(10-12-8-6-5-7-9-12)13(2)17(14,15-3)16-4/h5-9,11H,10H2,1-4H3. The lowest BCUT2D eigenvalue weighted by Gasteiger charge is -2.29. The van der Waals surface area contributed by atoms with Crippen molar-refractivity contribution in [2.45, 2.75) is 19.4 Å². The van der Waals surface area contributed by atoms with Crippen LogP contribution in [0.25, 0.3) is 0 Å². The summed E-state index contributed by atoms with van der Waals surface area (Å²) in [5, 5.41) is 0. The van der Waals surface area contributed by atoms with E-state index < -0.39 is 7.75 Å². The molecule has 0 aliphatic rings. The normalized spacial score (nSPS) is 13.9. The molecule has 0 aliphatic heterocycles. The summed E-state index contributed by atoms with van der Waals surface area (Å²) in [6.07, 6.45) is 0.800. The van der Waals surface area contributed by atoms with Gasteiger partial charge in [-0.3, -0.25) is 9.05 Å². The molecule has 5 heteroatoms. The first-order chi connectivity index (χ1) is 8.03. The Labute approximate surface area is 103 Å². The molecule has 1 aromatic rings. The second kappa shape index (κ2) is 6.31. The molecule has 4 nitrogen and oxygen atoms in total. The number of hydrogen-bond donors (Lipinski definition) is 0. The highest BCUT2D eigenvalue weighted by atomic mass is 31.2. The second-order valence-electron chi connectivity index (χ2n) is 3.95. The van der Waals surface area contributed by atoms with Gasteiger partial charge in [0.2, 0.25) is 0 Å². The van der Waals surface area contributed by atoms with Crippen LogP contribution in [-0.4, -0.2) is 32.0 Å². The number of nitrogens with zero attached hydrogens (tertiary/aromatic N) is 1. The zero-order valence-corrected chi connectivity index (χ0v) is 11.7. The Morgan fingerprint density at radius 1 is 1.24 bits per heavy atom. The van der Waals surface area contributed by atoms with Crippen molar-refractivity contribution in [3.05, 3.63) is 35.9 Å². The molecule has 0 amide bonds. The molecule has 0 aliphatic carbocycles. The number of hydrogen-bond acceptors (Lipinski definition) is 3. The maximum Gasteiger partial charge on any atom is 0.407 e. The van der Waals surface area contributed by atoms with E-state index in [1.165, 1.54) is 19.8 Å². The number of rotatable bonds is 6. The Morgan fingerprint density at radius 2 is 1.76 bits per heavy atom. The van der Waals surface area contributed by atoms with Gasteiger partial charge in [0.05, 0.1) is 0 Å². The molecule has 1 unspecified atom stereocenters. The third kappa shape index (κ3) is 3.65. The van der Waals surface area contributed by atoms with Gasteiger partial charge < -0.3 is 0 Å². The van der Waals surface area contributed by atoms with Crippen LogP contribution in [-0.2, 0) is 20.0 Å². The summed E-state index contributed by atoms with van der Waals surface area (Å²) in [7, 11) is 1.42. The first kappa shape index (κ1) is 14.4. The molecular weight excluding hydrogens is 237 g/mol. The minimum absolute atomic E-state index is 0.0723. The van der Waals surface area contributed by atoms with E-state index in [1.807, 2.05) is 25.1 Å². The summed E-state index contributed by atoms with van der Waals surface area (Å²) in [5.41, 5.74) is 1.20. The van der Waals surface area contributed by atoms with Crippen LogP contribution in [0.4, 0.5) is 0 Å². The van der Waals surface area contributed by atoms with Gasteiger partial charge >= 0.3 is 7.75 Å². The summed E-state index contributed by atoms with van der Waals surface area (Å²) < 4.78 is 23.8. The Hall–Kier alpha value is -0.670. The molecule has 1 aromatic carbocycles. The molecule has 0 radical (unpaired) electrons. The van der Waals surface area contributed by atoms with Crippen LogP contribution in [0.5, 0.6) is 0 Å². The summed E-state index contributed by atoms with van der Waals surface area (Å²) >= 11 is 0. The Balaban J connectivity index is 2.71. The number of likely N-dealkylation sites (N-methyl/N-ethyl adjacent to an activating group) is 1. The van der Waals surface area contributed by atoms with E-state index in [0.29, 0.717) is 0 Å². The molecule has 96 valence electrons. The first-order valence-corrected chi connectivity index (χ1v) is 7.01. The molecule has 0 spiro atoms. The van der Waals surface area contributed by atoms with Crippen LogP contribution in [0, 0.1) is 0 Å². The highest BCUT2D eigenvalue weighted by molar-refractivity contribution is 7.51. The monoisotopic (exact) mass is 257 g/mol. The highest BCUT2D eigenvalue weighted by Crippen LogP contribution is 2.50. The van der Waals surface area contributed by atoms with E-state index in [1.54, 1.807) is 11.7 Å². The van der Waals surface area contributed by atoms with Crippen molar-refractivity contribution in [2.24, 2.45) is 0 Å². The fourth-order valence-corrected chi connectivity index (χ4v) is 2.89. The Morgan fingerprint density at radius 3 is 2.24 bits per heavy atom. The first-order valence-electron chi connectivity index (χ1n) is 5.52. The summed E-state index contributed by atoms with van der Waals surface area (Å²) in [6, 6.07) is 10.1. The molecule has 0 N–H and O–H groups in total. The van der Waals surface area contributed by atoms with E-state index in [-0.39, 0.29) is 6.04 Å². The van der Waals surface area contributed by atoms with Crippen LogP contribution >= 0.6 is 7.75 Å². The van der Waals surface area contributed by atoms with Gasteiger partial charge in [-0.15, -0.1) is 0 Å².